The fraction of sp³-hybridized carbons (Fsp3) is 0.611. The Morgan fingerprint density at radius 3 is 2.15 bits per heavy atom. The highest BCUT2D eigenvalue weighted by molar-refractivity contribution is 5.21. The molecule has 2 heteroatoms. The van der Waals surface area contributed by atoms with Gasteiger partial charge in [-0.1, -0.05) is 70.1 Å². The summed E-state index contributed by atoms with van der Waals surface area (Å²) in [4.78, 5) is 0. The molecule has 0 bridgehead atoms. The van der Waals surface area contributed by atoms with E-state index >= 15 is 0 Å². The van der Waals surface area contributed by atoms with Crippen molar-refractivity contribution < 1.29 is 4.74 Å². The Bertz CT molecular complexity index is 369. The van der Waals surface area contributed by atoms with Crippen LogP contribution in [0.3, 0.4) is 0 Å². The zero-order chi connectivity index (χ0) is 14.5. The highest BCUT2D eigenvalue weighted by Gasteiger charge is 2.08. The topological polar surface area (TPSA) is 33.0 Å². The minimum absolute atomic E-state index is 0.308. The van der Waals surface area contributed by atoms with Crippen molar-refractivity contribution in [2.45, 2.75) is 70.8 Å². The van der Waals surface area contributed by atoms with Crippen molar-refractivity contribution in [1.29, 1.82) is 5.26 Å². The molecule has 0 spiro atoms. The fourth-order valence-corrected chi connectivity index (χ4v) is 2.28. The van der Waals surface area contributed by atoms with Crippen LogP contribution in [0.4, 0.5) is 0 Å². The number of para-hydroxylation sites is 1. The van der Waals surface area contributed by atoms with Gasteiger partial charge in [0.05, 0.1) is 0 Å². The van der Waals surface area contributed by atoms with Gasteiger partial charge in [-0.15, -0.1) is 0 Å². The minimum atomic E-state index is -0.308. The van der Waals surface area contributed by atoms with E-state index in [1.807, 2.05) is 30.3 Å². The first-order valence-corrected chi connectivity index (χ1v) is 7.98. The van der Waals surface area contributed by atoms with E-state index in [9.17, 15) is 0 Å². The van der Waals surface area contributed by atoms with Gasteiger partial charge < -0.3 is 4.74 Å². The molecule has 110 valence electrons. The van der Waals surface area contributed by atoms with E-state index in [2.05, 4.69) is 13.0 Å². The quantitative estimate of drug-likeness (QED) is 0.499. The lowest BCUT2D eigenvalue weighted by Crippen LogP contribution is -2.13. The number of rotatable bonds is 11. The average Bonchev–Trinajstić information content (AvgIpc) is 2.49. The first-order valence-electron chi connectivity index (χ1n) is 7.98. The van der Waals surface area contributed by atoms with E-state index < -0.39 is 0 Å². The Balaban J connectivity index is 2.06. The van der Waals surface area contributed by atoms with Crippen LogP contribution >= 0.6 is 0 Å². The van der Waals surface area contributed by atoms with Crippen LogP contribution in [0.2, 0.25) is 0 Å². The largest absolute Gasteiger partial charge is 0.476 e. The first kappa shape index (κ1) is 16.6. The van der Waals surface area contributed by atoms with Gasteiger partial charge in [0, 0.05) is 0 Å². The molecular formula is C18H27NO. The van der Waals surface area contributed by atoms with E-state index in [-0.39, 0.29) is 6.10 Å². The molecule has 0 fully saturated rings. The molecule has 2 nitrogen and oxygen atoms in total. The number of hydrogen-bond donors (Lipinski definition) is 0. The maximum Gasteiger partial charge on any atom is 0.184 e. The molecule has 1 rings (SSSR count). The molecular weight excluding hydrogens is 246 g/mol. The Morgan fingerprint density at radius 1 is 0.950 bits per heavy atom. The van der Waals surface area contributed by atoms with Gasteiger partial charge in [0.1, 0.15) is 11.8 Å². The smallest absolute Gasteiger partial charge is 0.184 e. The molecule has 0 aromatic heterocycles. The summed E-state index contributed by atoms with van der Waals surface area (Å²) in [6.07, 6.45) is 10.8. The molecule has 0 saturated heterocycles. The van der Waals surface area contributed by atoms with E-state index in [0.29, 0.717) is 0 Å². The van der Waals surface area contributed by atoms with Crippen molar-refractivity contribution in [3.63, 3.8) is 0 Å². The molecule has 0 radical (unpaired) electrons. The van der Waals surface area contributed by atoms with Crippen LogP contribution in [0, 0.1) is 11.3 Å². The molecule has 20 heavy (non-hydrogen) atoms. The first-order chi connectivity index (χ1) is 9.86. The number of ether oxygens (including phenoxy) is 1. The van der Waals surface area contributed by atoms with E-state index in [1.54, 1.807) is 0 Å². The molecule has 1 unspecified atom stereocenters. The van der Waals surface area contributed by atoms with E-state index in [1.165, 1.54) is 44.9 Å². The number of benzene rings is 1. The predicted molar refractivity (Wildman–Crippen MR) is 83.7 cm³/mol. The summed E-state index contributed by atoms with van der Waals surface area (Å²) in [5.74, 6) is 0.790. The molecule has 1 atom stereocenters. The van der Waals surface area contributed by atoms with Gasteiger partial charge in [-0.25, -0.2) is 0 Å². The summed E-state index contributed by atoms with van der Waals surface area (Å²) in [5.41, 5.74) is 0. The second-order valence-electron chi connectivity index (χ2n) is 5.31. The van der Waals surface area contributed by atoms with Crippen molar-refractivity contribution in [1.82, 2.24) is 0 Å². The second-order valence-corrected chi connectivity index (χ2v) is 5.31. The second kappa shape index (κ2) is 11.3. The maximum absolute atomic E-state index is 9.11. The lowest BCUT2D eigenvalue weighted by Gasteiger charge is -2.12. The van der Waals surface area contributed by atoms with Crippen molar-refractivity contribution >= 4 is 0 Å². The SMILES string of the molecule is CCCCCCCCCCC(C#N)Oc1ccccc1. The Morgan fingerprint density at radius 2 is 1.55 bits per heavy atom. The van der Waals surface area contributed by atoms with Gasteiger partial charge in [0.2, 0.25) is 0 Å². The van der Waals surface area contributed by atoms with Gasteiger partial charge >= 0.3 is 0 Å². The zero-order valence-electron chi connectivity index (χ0n) is 12.7. The van der Waals surface area contributed by atoms with Crippen molar-refractivity contribution in [2.24, 2.45) is 0 Å². The number of nitriles is 1. The summed E-state index contributed by atoms with van der Waals surface area (Å²) >= 11 is 0. The van der Waals surface area contributed by atoms with Crippen LogP contribution in [0.15, 0.2) is 30.3 Å². The third-order valence-electron chi connectivity index (χ3n) is 3.49. The van der Waals surface area contributed by atoms with E-state index in [4.69, 9.17) is 10.00 Å². The molecule has 0 aliphatic heterocycles. The average molecular weight is 273 g/mol. The van der Waals surface area contributed by atoms with Crippen LogP contribution < -0.4 is 4.74 Å². The highest BCUT2D eigenvalue weighted by Crippen LogP contribution is 2.15. The number of nitrogens with zero attached hydrogens (tertiary/aromatic N) is 1. The molecule has 0 heterocycles. The van der Waals surface area contributed by atoms with E-state index in [0.717, 1.165) is 18.6 Å². The fourth-order valence-electron chi connectivity index (χ4n) is 2.28. The third kappa shape index (κ3) is 7.84. The van der Waals surface area contributed by atoms with Crippen molar-refractivity contribution in [3.05, 3.63) is 30.3 Å². The molecule has 1 aromatic rings. The zero-order valence-corrected chi connectivity index (χ0v) is 12.7. The van der Waals surface area contributed by atoms with Gasteiger partial charge in [-0.05, 0) is 25.0 Å². The molecule has 0 saturated carbocycles. The van der Waals surface area contributed by atoms with Crippen LogP contribution in [-0.2, 0) is 0 Å². The third-order valence-corrected chi connectivity index (χ3v) is 3.49. The molecule has 1 aromatic carbocycles. The van der Waals surface area contributed by atoms with Crippen LogP contribution in [-0.4, -0.2) is 6.10 Å². The Labute approximate surface area is 123 Å². The Kier molecular flexibility index (Phi) is 9.40. The van der Waals surface area contributed by atoms with Crippen LogP contribution in [0.5, 0.6) is 5.75 Å². The summed E-state index contributed by atoms with van der Waals surface area (Å²) in [6.45, 7) is 2.24. The van der Waals surface area contributed by atoms with Gasteiger partial charge in [0.15, 0.2) is 6.10 Å². The van der Waals surface area contributed by atoms with Crippen molar-refractivity contribution in [3.8, 4) is 11.8 Å². The standard InChI is InChI=1S/C18H27NO/c1-2-3-4-5-6-7-8-10-15-18(16-19)20-17-13-11-9-12-14-17/h9,11-14,18H,2-8,10,15H2,1H3. The minimum Gasteiger partial charge on any atom is -0.476 e. The molecule has 0 aliphatic rings. The molecule has 0 aliphatic carbocycles. The van der Waals surface area contributed by atoms with Gasteiger partial charge in [0.25, 0.3) is 0 Å². The summed E-state index contributed by atoms with van der Waals surface area (Å²) in [5, 5.41) is 9.11. The normalized spacial score (nSPS) is 11.8. The molecule has 0 N–H and O–H groups in total. The highest BCUT2D eigenvalue weighted by atomic mass is 16.5. The summed E-state index contributed by atoms with van der Waals surface area (Å²) in [6, 6.07) is 11.9. The van der Waals surface area contributed by atoms with Crippen LogP contribution in [0.25, 0.3) is 0 Å². The number of unbranched alkanes of at least 4 members (excludes halogenated alkanes) is 7. The van der Waals surface area contributed by atoms with Gasteiger partial charge in [-0.3, -0.25) is 0 Å². The molecule has 0 amide bonds. The van der Waals surface area contributed by atoms with Crippen molar-refractivity contribution in [2.75, 3.05) is 0 Å². The monoisotopic (exact) mass is 273 g/mol. The maximum atomic E-state index is 9.11. The summed E-state index contributed by atoms with van der Waals surface area (Å²) < 4.78 is 5.66. The summed E-state index contributed by atoms with van der Waals surface area (Å²) in [7, 11) is 0. The number of hydrogen-bond acceptors (Lipinski definition) is 2. The van der Waals surface area contributed by atoms with Crippen LogP contribution in [0.1, 0.15) is 64.7 Å². The predicted octanol–water partition coefficient (Wildman–Crippen LogP) is 5.49. The Hall–Kier alpha value is -1.49. The lowest BCUT2D eigenvalue weighted by atomic mass is 10.1. The van der Waals surface area contributed by atoms with Gasteiger partial charge in [-0.2, -0.15) is 5.26 Å². The lowest BCUT2D eigenvalue weighted by molar-refractivity contribution is 0.240.